The Kier molecular flexibility index (Phi) is 6.08. The van der Waals surface area contributed by atoms with Gasteiger partial charge in [-0.2, -0.15) is 0 Å². The van der Waals surface area contributed by atoms with E-state index in [0.717, 1.165) is 51.5 Å². The van der Waals surface area contributed by atoms with Crippen LogP contribution in [0.5, 0.6) is 5.88 Å². The van der Waals surface area contributed by atoms with E-state index in [-0.39, 0.29) is 11.6 Å². The maximum Gasteiger partial charge on any atom is 0.331 e. The molecule has 2 aliphatic rings. The van der Waals surface area contributed by atoms with Crippen LogP contribution in [-0.4, -0.2) is 88.8 Å². The molecule has 0 saturated carbocycles. The largest absolute Gasteiger partial charge is 0.493 e. The molecule has 1 aromatic heterocycles. The quantitative estimate of drug-likeness (QED) is 0.639. The number of rotatable bonds is 7. The lowest BCUT2D eigenvalue weighted by atomic mass is 9.99. The number of hydrogen-bond acceptors (Lipinski definition) is 5. The lowest BCUT2D eigenvalue weighted by molar-refractivity contribution is 0.125. The summed E-state index contributed by atoms with van der Waals surface area (Å²) in [5.74, 6) is 0.145. The van der Waals surface area contributed by atoms with E-state index in [2.05, 4.69) is 40.9 Å². The average molecular weight is 400 g/mol. The summed E-state index contributed by atoms with van der Waals surface area (Å²) in [5.41, 5.74) is 3.03. The maximum atomic E-state index is 12.9. The Morgan fingerprint density at radius 3 is 2.31 bits per heavy atom. The van der Waals surface area contributed by atoms with Crippen molar-refractivity contribution >= 4 is 0 Å². The van der Waals surface area contributed by atoms with Crippen molar-refractivity contribution in [3.05, 3.63) is 51.6 Å². The second-order valence-electron chi connectivity index (χ2n) is 8.58. The van der Waals surface area contributed by atoms with E-state index in [0.29, 0.717) is 19.5 Å². The first-order chi connectivity index (χ1) is 14.0. The van der Waals surface area contributed by atoms with Crippen LogP contribution in [0.2, 0.25) is 0 Å². The van der Waals surface area contributed by atoms with E-state index in [4.69, 9.17) is 0 Å². The van der Waals surface area contributed by atoms with Crippen molar-refractivity contribution in [1.82, 2.24) is 23.8 Å². The molecule has 0 aliphatic carbocycles. The molecule has 0 bridgehead atoms. The SMILES string of the molecule is CN(C)CCCN1CCN(CCn2c(O)c3n(c2=O)Cc2ccccc2C3)CC1. The van der Waals surface area contributed by atoms with Gasteiger partial charge in [-0.05, 0) is 44.7 Å². The molecule has 1 saturated heterocycles. The normalized spacial score (nSPS) is 17.5. The second-order valence-corrected chi connectivity index (χ2v) is 8.58. The van der Waals surface area contributed by atoms with Crippen molar-refractivity contribution in [2.24, 2.45) is 0 Å². The van der Waals surface area contributed by atoms with E-state index in [9.17, 15) is 9.90 Å². The van der Waals surface area contributed by atoms with Gasteiger partial charge in [0.15, 0.2) is 0 Å². The van der Waals surface area contributed by atoms with Gasteiger partial charge in [-0.25, -0.2) is 4.79 Å². The number of benzene rings is 1. The molecule has 7 nitrogen and oxygen atoms in total. The number of imidazole rings is 1. The third kappa shape index (κ3) is 4.42. The van der Waals surface area contributed by atoms with Crippen LogP contribution in [-0.2, 0) is 19.5 Å². The minimum absolute atomic E-state index is 0.0886. The first-order valence-electron chi connectivity index (χ1n) is 10.7. The fourth-order valence-corrected chi connectivity index (χ4v) is 4.49. The number of aromatic hydroxyl groups is 1. The average Bonchev–Trinajstić information content (AvgIpc) is 2.95. The molecule has 0 spiro atoms. The lowest BCUT2D eigenvalue weighted by Crippen LogP contribution is -2.47. The highest BCUT2D eigenvalue weighted by atomic mass is 16.3. The number of aromatic nitrogens is 2. The molecule has 3 heterocycles. The van der Waals surface area contributed by atoms with Gasteiger partial charge < -0.3 is 14.9 Å². The summed E-state index contributed by atoms with van der Waals surface area (Å²) in [6.07, 6.45) is 1.82. The molecular formula is C22H33N5O2. The zero-order valence-corrected chi connectivity index (χ0v) is 17.7. The molecule has 1 N–H and O–H groups in total. The number of nitrogens with zero attached hydrogens (tertiary/aromatic N) is 5. The third-order valence-electron chi connectivity index (χ3n) is 6.29. The van der Waals surface area contributed by atoms with Crippen LogP contribution in [0, 0.1) is 0 Å². The van der Waals surface area contributed by atoms with Gasteiger partial charge in [0.05, 0.1) is 12.2 Å². The van der Waals surface area contributed by atoms with Crippen molar-refractivity contribution in [2.45, 2.75) is 25.9 Å². The zero-order chi connectivity index (χ0) is 20.4. The van der Waals surface area contributed by atoms with Crippen molar-refractivity contribution < 1.29 is 5.11 Å². The number of hydrogen-bond donors (Lipinski definition) is 1. The van der Waals surface area contributed by atoms with Gasteiger partial charge in [0.25, 0.3) is 0 Å². The first-order valence-corrected chi connectivity index (χ1v) is 10.7. The molecule has 4 rings (SSSR count). The summed E-state index contributed by atoms with van der Waals surface area (Å²) in [7, 11) is 4.24. The van der Waals surface area contributed by atoms with E-state index < -0.39 is 0 Å². The number of fused-ring (bicyclic) bond motifs is 2. The standard InChI is InChI=1S/C22H33N5O2/c1-23(2)8-5-9-24-10-12-25(13-11-24)14-15-26-21(28)20-16-18-6-3-4-7-19(18)17-27(20)22(26)29/h3-4,6-7,28H,5,8-17H2,1-2H3. The Hall–Kier alpha value is -2.09. The smallest absolute Gasteiger partial charge is 0.331 e. The van der Waals surface area contributed by atoms with E-state index in [1.165, 1.54) is 17.5 Å². The Morgan fingerprint density at radius 2 is 1.62 bits per heavy atom. The molecule has 0 radical (unpaired) electrons. The summed E-state index contributed by atoms with van der Waals surface area (Å²) in [5, 5.41) is 10.7. The second kappa shape index (κ2) is 8.73. The minimum atomic E-state index is -0.0886. The van der Waals surface area contributed by atoms with Crippen molar-refractivity contribution in [1.29, 1.82) is 0 Å². The highest BCUT2D eigenvalue weighted by Crippen LogP contribution is 2.27. The highest BCUT2D eigenvalue weighted by molar-refractivity contribution is 5.38. The molecule has 2 aromatic rings. The maximum absolute atomic E-state index is 12.9. The van der Waals surface area contributed by atoms with Gasteiger partial charge >= 0.3 is 5.69 Å². The van der Waals surface area contributed by atoms with Gasteiger partial charge in [0.2, 0.25) is 5.88 Å². The highest BCUT2D eigenvalue weighted by Gasteiger charge is 2.25. The van der Waals surface area contributed by atoms with Crippen LogP contribution in [0.25, 0.3) is 0 Å². The molecule has 0 amide bonds. The molecule has 0 unspecified atom stereocenters. The van der Waals surface area contributed by atoms with Crippen LogP contribution in [0.1, 0.15) is 23.2 Å². The van der Waals surface area contributed by atoms with Gasteiger partial charge in [0.1, 0.15) is 0 Å². The summed E-state index contributed by atoms with van der Waals surface area (Å²) in [6, 6.07) is 8.17. The molecule has 1 aromatic carbocycles. The van der Waals surface area contributed by atoms with Crippen molar-refractivity contribution in [3.8, 4) is 5.88 Å². The first kappa shape index (κ1) is 20.2. The Balaban J connectivity index is 1.33. The van der Waals surface area contributed by atoms with Crippen LogP contribution in [0.4, 0.5) is 0 Å². The van der Waals surface area contributed by atoms with Gasteiger partial charge in [-0.15, -0.1) is 0 Å². The predicted octanol–water partition coefficient (Wildman–Crippen LogP) is 0.877. The fourth-order valence-electron chi connectivity index (χ4n) is 4.49. The van der Waals surface area contributed by atoms with Crippen LogP contribution in [0.15, 0.2) is 29.1 Å². The number of piperazine rings is 1. The molecular weight excluding hydrogens is 366 g/mol. The summed E-state index contributed by atoms with van der Waals surface area (Å²) >= 11 is 0. The summed E-state index contributed by atoms with van der Waals surface area (Å²) in [6.45, 7) is 8.39. The minimum Gasteiger partial charge on any atom is -0.493 e. The summed E-state index contributed by atoms with van der Waals surface area (Å²) in [4.78, 5) is 20.0. The van der Waals surface area contributed by atoms with E-state index >= 15 is 0 Å². The lowest BCUT2D eigenvalue weighted by Gasteiger charge is -2.34. The van der Waals surface area contributed by atoms with Crippen LogP contribution < -0.4 is 5.69 Å². The van der Waals surface area contributed by atoms with Gasteiger partial charge in [-0.3, -0.25) is 14.0 Å². The molecule has 158 valence electrons. The Morgan fingerprint density at radius 1 is 0.966 bits per heavy atom. The fraction of sp³-hybridized carbons (Fsp3) is 0.591. The predicted molar refractivity (Wildman–Crippen MR) is 115 cm³/mol. The van der Waals surface area contributed by atoms with Gasteiger partial charge in [0, 0.05) is 45.7 Å². The van der Waals surface area contributed by atoms with Crippen molar-refractivity contribution in [2.75, 3.05) is 59.9 Å². The van der Waals surface area contributed by atoms with Crippen LogP contribution >= 0.6 is 0 Å². The molecule has 1 fully saturated rings. The molecule has 2 aliphatic heterocycles. The molecule has 0 atom stereocenters. The van der Waals surface area contributed by atoms with E-state index in [1.54, 1.807) is 9.13 Å². The Bertz CT molecular complexity index is 893. The summed E-state index contributed by atoms with van der Waals surface area (Å²) < 4.78 is 3.30. The van der Waals surface area contributed by atoms with Crippen molar-refractivity contribution in [3.63, 3.8) is 0 Å². The topological polar surface area (TPSA) is 56.9 Å². The van der Waals surface area contributed by atoms with E-state index in [1.807, 2.05) is 12.1 Å². The molecule has 7 heteroatoms. The Labute approximate surface area is 172 Å². The zero-order valence-electron chi connectivity index (χ0n) is 17.7. The van der Waals surface area contributed by atoms with Gasteiger partial charge in [-0.1, -0.05) is 24.3 Å². The molecule has 29 heavy (non-hydrogen) atoms. The van der Waals surface area contributed by atoms with Crippen LogP contribution in [0.3, 0.4) is 0 Å². The monoisotopic (exact) mass is 399 g/mol. The third-order valence-corrected chi connectivity index (χ3v) is 6.29.